The van der Waals surface area contributed by atoms with Gasteiger partial charge in [0.25, 0.3) is 20.2 Å². The highest BCUT2D eigenvalue weighted by Gasteiger charge is 2.41. The van der Waals surface area contributed by atoms with Crippen LogP contribution in [0.15, 0.2) is 199 Å². The first-order valence-corrected chi connectivity index (χ1v) is 24.7. The van der Waals surface area contributed by atoms with Gasteiger partial charge in [0.15, 0.2) is 0 Å². The molecule has 0 aliphatic carbocycles. The predicted molar refractivity (Wildman–Crippen MR) is 231 cm³/mol. The average Bonchev–Trinajstić information content (AvgIpc) is 3.19. The van der Waals surface area contributed by atoms with Gasteiger partial charge < -0.3 is 0 Å². The minimum Gasteiger partial charge on any atom is -0.207 e. The molecule has 0 atom stereocenters. The maximum absolute atomic E-state index is 14.4. The summed E-state index contributed by atoms with van der Waals surface area (Å²) < 4.78 is 70.7. The second kappa shape index (κ2) is 16.4. The fraction of sp³-hybridized carbons (Fsp3) is 0.217. The minimum absolute atomic E-state index is 0.136. The first kappa shape index (κ1) is 41.5. The zero-order valence-corrected chi connectivity index (χ0v) is 35.9. The zero-order chi connectivity index (χ0) is 40.2. The van der Waals surface area contributed by atoms with Crippen molar-refractivity contribution in [2.75, 3.05) is 11.5 Å². The van der Waals surface area contributed by atoms with E-state index < -0.39 is 52.4 Å². The van der Waals surface area contributed by atoms with Gasteiger partial charge in [-0.1, -0.05) is 139 Å². The molecule has 56 heavy (non-hydrogen) atoms. The molecule has 0 saturated heterocycles. The summed E-state index contributed by atoms with van der Waals surface area (Å²) >= 11 is 0. The summed E-state index contributed by atoms with van der Waals surface area (Å²) in [6, 6.07) is 52.8. The maximum Gasteiger partial charge on any atom is 0.278 e. The lowest BCUT2D eigenvalue weighted by Gasteiger charge is -2.40. The van der Waals surface area contributed by atoms with Gasteiger partial charge in [-0.25, -0.2) is 7.26 Å². The van der Waals surface area contributed by atoms with E-state index in [-0.39, 0.29) is 10.8 Å². The molecule has 0 unspecified atom stereocenters. The summed E-state index contributed by atoms with van der Waals surface area (Å²) in [7, 11) is -14.9. The molecule has 0 heterocycles. The molecule has 0 N–H and O–H groups in total. The molecular weight excluding hydrogens is 777 g/mol. The molecule has 6 rings (SSSR count). The fourth-order valence-corrected chi connectivity index (χ4v) is 17.8. The van der Waals surface area contributed by atoms with Gasteiger partial charge >= 0.3 is 0 Å². The first-order valence-electron chi connectivity index (χ1n) is 18.4. The van der Waals surface area contributed by atoms with Crippen LogP contribution in [0.3, 0.4) is 0 Å². The van der Waals surface area contributed by atoms with Crippen molar-refractivity contribution >= 4 is 40.9 Å². The Hall–Kier alpha value is -4.16. The molecule has 0 fully saturated rings. The molecule has 6 nitrogen and oxygen atoms in total. The van der Waals surface area contributed by atoms with Gasteiger partial charge in [-0.05, 0) is 115 Å². The second-order valence-electron chi connectivity index (χ2n) is 15.6. The van der Waals surface area contributed by atoms with Crippen LogP contribution in [-0.4, -0.2) is 28.3 Å². The Morgan fingerprint density at radius 2 is 0.554 bits per heavy atom. The molecule has 294 valence electrons. The van der Waals surface area contributed by atoms with E-state index in [0.717, 1.165) is 11.1 Å². The molecule has 0 saturated carbocycles. The fourth-order valence-electron chi connectivity index (χ4n) is 6.38. The SMILES string of the molecule is CC(C)(C)c1ccc(S(OS(=O)(=O)CCS(=O)(=O)OS(c2ccccc2)(c2ccccc2)c2ccc(C(C)(C)C)cc2)(c2ccccc2)c2ccccc2)cc1. The Bertz CT molecular complexity index is 2170. The molecule has 0 spiro atoms. The number of hydrogen-bond donors (Lipinski definition) is 0. The van der Waals surface area contributed by atoms with Gasteiger partial charge in [-0.3, -0.25) is 0 Å². The lowest BCUT2D eigenvalue weighted by Crippen LogP contribution is -2.24. The van der Waals surface area contributed by atoms with Crippen molar-refractivity contribution in [1.29, 1.82) is 0 Å². The standard InChI is InChI=1S/C46H50O6S4/c1-45(2,3)37-27-31-43(32-28-37)55(39-19-11-7-12-20-39,40-21-13-8-14-22-40)51-53(47,48)35-36-54(49,50)52-56(41-23-15-9-16-24-41,42-25-17-10-18-26-42)44-33-29-38(30-34-44)46(4,5)6/h7-34H,35-36H2,1-6H3. The van der Waals surface area contributed by atoms with Crippen LogP contribution in [0, 0.1) is 0 Å². The summed E-state index contributed by atoms with van der Waals surface area (Å²) in [6.45, 7) is 12.7. The number of rotatable bonds is 13. The molecule has 0 radical (unpaired) electrons. The molecule has 6 aromatic carbocycles. The highest BCUT2D eigenvalue weighted by atomic mass is 32.3. The quantitative estimate of drug-likeness (QED) is 0.115. The van der Waals surface area contributed by atoms with Crippen molar-refractivity contribution in [2.24, 2.45) is 0 Å². The van der Waals surface area contributed by atoms with E-state index in [1.165, 1.54) is 0 Å². The van der Waals surface area contributed by atoms with Crippen LogP contribution in [0.4, 0.5) is 0 Å². The third kappa shape index (κ3) is 9.01. The van der Waals surface area contributed by atoms with Crippen LogP contribution in [0.2, 0.25) is 0 Å². The molecule has 0 amide bonds. The van der Waals surface area contributed by atoms with Gasteiger partial charge in [0.05, 0.1) is 11.5 Å². The molecule has 6 aromatic rings. The summed E-state index contributed by atoms with van der Waals surface area (Å²) in [4.78, 5) is 3.97. The van der Waals surface area contributed by atoms with Crippen molar-refractivity contribution in [3.63, 3.8) is 0 Å². The molecule has 10 heteroatoms. The molecule has 0 bridgehead atoms. The third-order valence-corrected chi connectivity index (χ3v) is 20.0. The highest BCUT2D eigenvalue weighted by molar-refractivity contribution is 8.33. The van der Waals surface area contributed by atoms with E-state index in [0.29, 0.717) is 29.4 Å². The number of hydrogen-bond acceptors (Lipinski definition) is 6. The smallest absolute Gasteiger partial charge is 0.207 e. The van der Waals surface area contributed by atoms with E-state index in [1.54, 1.807) is 0 Å². The predicted octanol–water partition coefficient (Wildman–Crippen LogP) is 12.1. The minimum atomic E-state index is -4.54. The molecule has 0 aromatic heterocycles. The number of benzene rings is 6. The molecular formula is C46H50O6S4. The third-order valence-electron chi connectivity index (χ3n) is 9.40. The summed E-state index contributed by atoms with van der Waals surface area (Å²) in [5.41, 5.74) is 1.89. The lowest BCUT2D eigenvalue weighted by atomic mass is 9.87. The Labute approximate surface area is 337 Å². The van der Waals surface area contributed by atoms with Gasteiger partial charge in [-0.15, -0.1) is 0 Å². The Morgan fingerprint density at radius 1 is 0.339 bits per heavy atom. The van der Waals surface area contributed by atoms with Crippen LogP contribution in [0.25, 0.3) is 0 Å². The Morgan fingerprint density at radius 3 is 0.768 bits per heavy atom. The van der Waals surface area contributed by atoms with Crippen LogP contribution in [0.5, 0.6) is 0 Å². The van der Waals surface area contributed by atoms with Gasteiger partial charge in [0.2, 0.25) is 0 Å². The van der Waals surface area contributed by atoms with Crippen LogP contribution >= 0.6 is 20.6 Å². The van der Waals surface area contributed by atoms with E-state index in [9.17, 15) is 16.8 Å². The van der Waals surface area contributed by atoms with E-state index in [4.69, 9.17) is 7.26 Å². The van der Waals surface area contributed by atoms with Gasteiger partial charge in [0, 0.05) is 29.4 Å². The zero-order valence-electron chi connectivity index (χ0n) is 32.7. The van der Waals surface area contributed by atoms with Crippen molar-refractivity contribution in [3.05, 3.63) is 181 Å². The van der Waals surface area contributed by atoms with Crippen molar-refractivity contribution in [2.45, 2.75) is 81.7 Å². The van der Waals surface area contributed by atoms with Crippen molar-refractivity contribution in [3.8, 4) is 0 Å². The van der Waals surface area contributed by atoms with Gasteiger partial charge in [0.1, 0.15) is 0 Å². The van der Waals surface area contributed by atoms with Crippen LogP contribution in [-0.2, 0) is 38.3 Å². The largest absolute Gasteiger partial charge is 0.278 e. The Kier molecular flexibility index (Phi) is 12.1. The van der Waals surface area contributed by atoms with Crippen molar-refractivity contribution in [1.82, 2.24) is 0 Å². The molecule has 0 aliphatic rings. The Balaban J connectivity index is 1.42. The first-order chi connectivity index (χ1) is 26.5. The lowest BCUT2D eigenvalue weighted by molar-refractivity contribution is 0.497. The highest BCUT2D eigenvalue weighted by Crippen LogP contribution is 2.71. The van der Waals surface area contributed by atoms with Gasteiger partial charge in [-0.2, -0.15) is 16.8 Å². The average molecular weight is 827 g/mol. The van der Waals surface area contributed by atoms with E-state index in [2.05, 4.69) is 41.5 Å². The normalized spacial score (nSPS) is 13.6. The second-order valence-corrected chi connectivity index (χ2v) is 24.8. The van der Waals surface area contributed by atoms with E-state index in [1.807, 2.05) is 170 Å². The van der Waals surface area contributed by atoms with Crippen LogP contribution in [0.1, 0.15) is 52.7 Å². The summed E-state index contributed by atoms with van der Waals surface area (Å²) in [6.07, 6.45) is 0. The monoisotopic (exact) mass is 826 g/mol. The summed E-state index contributed by atoms with van der Waals surface area (Å²) in [5.74, 6) is -1.65. The maximum atomic E-state index is 14.4. The molecule has 0 aliphatic heterocycles. The topological polar surface area (TPSA) is 86.7 Å². The summed E-state index contributed by atoms with van der Waals surface area (Å²) in [5, 5.41) is 0. The van der Waals surface area contributed by atoms with Crippen molar-refractivity contribution < 1.29 is 24.1 Å². The van der Waals surface area contributed by atoms with E-state index >= 15 is 0 Å². The van der Waals surface area contributed by atoms with Crippen LogP contribution < -0.4 is 0 Å².